The van der Waals surface area contributed by atoms with Crippen LogP contribution in [0.3, 0.4) is 0 Å². The number of rotatable bonds is 12. The van der Waals surface area contributed by atoms with Crippen LogP contribution in [0.15, 0.2) is 18.2 Å². The Balaban J connectivity index is 3.48. The van der Waals surface area contributed by atoms with Crippen LogP contribution in [0, 0.1) is 19.8 Å². The van der Waals surface area contributed by atoms with Gasteiger partial charge in [0.1, 0.15) is 17.7 Å². The number of nitrogens with zero attached hydrogens (tertiary/aromatic N) is 1. The van der Waals surface area contributed by atoms with Crippen LogP contribution in [-0.4, -0.2) is 47.5 Å². The number of unbranched alkanes of at least 4 members (excludes halogenated alkanes) is 2. The van der Waals surface area contributed by atoms with Crippen LogP contribution >= 0.6 is 0 Å². The van der Waals surface area contributed by atoms with Gasteiger partial charge in [-0.25, -0.2) is 4.79 Å². The van der Waals surface area contributed by atoms with Gasteiger partial charge in [-0.15, -0.1) is 0 Å². The molecular formula is C28H47N3O4. The normalized spacial score (nSPS) is 13.2. The second-order valence-electron chi connectivity index (χ2n) is 10.7. The Hall–Kier alpha value is -2.57. The first-order valence-corrected chi connectivity index (χ1v) is 13.0. The van der Waals surface area contributed by atoms with E-state index in [4.69, 9.17) is 4.74 Å². The van der Waals surface area contributed by atoms with Gasteiger partial charge >= 0.3 is 6.09 Å². The van der Waals surface area contributed by atoms with Crippen molar-refractivity contribution in [2.75, 3.05) is 13.1 Å². The fourth-order valence-electron chi connectivity index (χ4n) is 3.81. The second kappa shape index (κ2) is 14.1. The Morgan fingerprint density at radius 1 is 1.03 bits per heavy atom. The predicted octanol–water partition coefficient (Wildman–Crippen LogP) is 5.44. The molecule has 2 unspecified atom stereocenters. The van der Waals surface area contributed by atoms with E-state index in [2.05, 4.69) is 24.5 Å². The Morgan fingerprint density at radius 3 is 2.20 bits per heavy atom. The number of nitrogens with one attached hydrogen (secondary N) is 2. The summed E-state index contributed by atoms with van der Waals surface area (Å²) in [5.41, 5.74) is 2.09. The van der Waals surface area contributed by atoms with E-state index in [9.17, 15) is 14.4 Å². The third kappa shape index (κ3) is 9.90. The smallest absolute Gasteiger partial charge is 0.408 e. The van der Waals surface area contributed by atoms with Crippen LogP contribution in [0.5, 0.6) is 0 Å². The Kier molecular flexibility index (Phi) is 12.3. The predicted molar refractivity (Wildman–Crippen MR) is 141 cm³/mol. The van der Waals surface area contributed by atoms with Crippen molar-refractivity contribution in [1.82, 2.24) is 15.5 Å². The summed E-state index contributed by atoms with van der Waals surface area (Å²) in [6, 6.07) is 4.37. The minimum absolute atomic E-state index is 0.193. The number of aryl methyl sites for hydroxylation is 2. The Morgan fingerprint density at radius 2 is 1.66 bits per heavy atom. The monoisotopic (exact) mass is 489 g/mol. The molecule has 1 aromatic carbocycles. The number of hydrogen-bond acceptors (Lipinski definition) is 4. The lowest BCUT2D eigenvalue weighted by atomic mass is 9.94. The van der Waals surface area contributed by atoms with Crippen molar-refractivity contribution >= 4 is 17.9 Å². The third-order valence-electron chi connectivity index (χ3n) is 5.76. The highest BCUT2D eigenvalue weighted by Crippen LogP contribution is 2.28. The van der Waals surface area contributed by atoms with Crippen molar-refractivity contribution in [2.24, 2.45) is 5.92 Å². The molecule has 0 radical (unpaired) electrons. The Bertz CT molecular complexity index is 845. The number of ether oxygens (including phenoxy) is 1. The Labute approximate surface area is 212 Å². The molecule has 0 aliphatic heterocycles. The average molecular weight is 490 g/mol. The van der Waals surface area contributed by atoms with Gasteiger partial charge in [0.2, 0.25) is 11.8 Å². The number of hydrogen-bond donors (Lipinski definition) is 2. The van der Waals surface area contributed by atoms with E-state index in [1.807, 2.05) is 45.9 Å². The molecule has 0 saturated carbocycles. The molecule has 0 spiro atoms. The van der Waals surface area contributed by atoms with Gasteiger partial charge in [-0.2, -0.15) is 0 Å². The van der Waals surface area contributed by atoms with Crippen LogP contribution in [0.2, 0.25) is 0 Å². The van der Waals surface area contributed by atoms with E-state index in [1.54, 1.807) is 25.7 Å². The van der Waals surface area contributed by atoms with Gasteiger partial charge in [-0.1, -0.05) is 64.3 Å². The van der Waals surface area contributed by atoms with Crippen molar-refractivity contribution in [2.45, 2.75) is 106 Å². The lowest BCUT2D eigenvalue weighted by Gasteiger charge is -2.36. The molecule has 0 fully saturated rings. The van der Waals surface area contributed by atoms with E-state index in [0.717, 1.165) is 42.4 Å². The highest BCUT2D eigenvalue weighted by atomic mass is 16.6. The maximum atomic E-state index is 14.0. The minimum Gasteiger partial charge on any atom is -0.444 e. The SMILES string of the molecule is CCCCNC(=O)C(c1cc(C)ccc1C)N(CCCC)C(=O)C(NC(=O)OC(C)(C)C)C(C)C. The molecule has 2 N–H and O–H groups in total. The van der Waals surface area contributed by atoms with Gasteiger partial charge in [0.05, 0.1) is 0 Å². The zero-order valence-corrected chi connectivity index (χ0v) is 23.3. The molecule has 0 saturated heterocycles. The molecule has 7 nitrogen and oxygen atoms in total. The lowest BCUT2D eigenvalue weighted by Crippen LogP contribution is -2.55. The van der Waals surface area contributed by atoms with E-state index in [-0.39, 0.29) is 17.7 Å². The number of carbonyl (C=O) groups excluding carboxylic acids is 3. The molecule has 0 aromatic heterocycles. The topological polar surface area (TPSA) is 87.7 Å². The first-order valence-electron chi connectivity index (χ1n) is 13.0. The molecule has 198 valence electrons. The molecular weight excluding hydrogens is 442 g/mol. The molecule has 0 aliphatic carbocycles. The highest BCUT2D eigenvalue weighted by Gasteiger charge is 2.37. The summed E-state index contributed by atoms with van der Waals surface area (Å²) in [6.07, 6.45) is 2.79. The fourth-order valence-corrected chi connectivity index (χ4v) is 3.81. The maximum absolute atomic E-state index is 14.0. The summed E-state index contributed by atoms with van der Waals surface area (Å²) in [5.74, 6) is -0.672. The summed E-state index contributed by atoms with van der Waals surface area (Å²) in [7, 11) is 0. The molecule has 7 heteroatoms. The molecule has 35 heavy (non-hydrogen) atoms. The van der Waals surface area contributed by atoms with Crippen LogP contribution in [0.1, 0.15) is 96.9 Å². The molecule has 1 rings (SSSR count). The molecule has 2 atom stereocenters. The summed E-state index contributed by atoms with van der Waals surface area (Å²) < 4.78 is 5.42. The van der Waals surface area contributed by atoms with Gasteiger partial charge in [-0.3, -0.25) is 9.59 Å². The van der Waals surface area contributed by atoms with Crippen molar-refractivity contribution in [3.8, 4) is 0 Å². The number of carbonyl (C=O) groups is 3. The van der Waals surface area contributed by atoms with Gasteiger partial charge in [0, 0.05) is 13.1 Å². The first kappa shape index (κ1) is 30.5. The van der Waals surface area contributed by atoms with Crippen molar-refractivity contribution < 1.29 is 19.1 Å². The van der Waals surface area contributed by atoms with Crippen molar-refractivity contribution in [3.05, 3.63) is 34.9 Å². The first-order chi connectivity index (χ1) is 16.3. The van der Waals surface area contributed by atoms with Crippen LogP contribution < -0.4 is 10.6 Å². The molecule has 0 bridgehead atoms. The highest BCUT2D eigenvalue weighted by molar-refractivity contribution is 5.92. The van der Waals surface area contributed by atoms with E-state index < -0.39 is 23.8 Å². The van der Waals surface area contributed by atoms with Crippen molar-refractivity contribution in [1.29, 1.82) is 0 Å². The van der Waals surface area contributed by atoms with Crippen molar-refractivity contribution in [3.63, 3.8) is 0 Å². The van der Waals surface area contributed by atoms with Crippen LogP contribution in [0.25, 0.3) is 0 Å². The third-order valence-corrected chi connectivity index (χ3v) is 5.76. The lowest BCUT2D eigenvalue weighted by molar-refractivity contribution is -0.143. The summed E-state index contributed by atoms with van der Waals surface area (Å²) >= 11 is 0. The summed E-state index contributed by atoms with van der Waals surface area (Å²) in [5, 5.41) is 5.80. The van der Waals surface area contributed by atoms with Crippen LogP contribution in [0.4, 0.5) is 4.79 Å². The minimum atomic E-state index is -0.822. The van der Waals surface area contributed by atoms with E-state index in [0.29, 0.717) is 13.1 Å². The molecule has 1 aromatic rings. The second-order valence-corrected chi connectivity index (χ2v) is 10.7. The number of amides is 3. The average Bonchev–Trinajstić information content (AvgIpc) is 2.75. The zero-order valence-electron chi connectivity index (χ0n) is 23.3. The number of alkyl carbamates (subject to hydrolysis) is 1. The summed E-state index contributed by atoms with van der Waals surface area (Å²) in [4.78, 5) is 41.8. The summed E-state index contributed by atoms with van der Waals surface area (Å²) in [6.45, 7) is 18.1. The molecule has 0 aliphatic rings. The fraction of sp³-hybridized carbons (Fsp3) is 0.679. The van der Waals surface area contributed by atoms with Gasteiger partial charge < -0.3 is 20.3 Å². The zero-order chi connectivity index (χ0) is 26.8. The van der Waals surface area contributed by atoms with Crippen LogP contribution in [-0.2, 0) is 14.3 Å². The van der Waals surface area contributed by atoms with Gasteiger partial charge in [0.25, 0.3) is 0 Å². The molecule has 3 amide bonds. The van der Waals surface area contributed by atoms with E-state index >= 15 is 0 Å². The van der Waals surface area contributed by atoms with E-state index in [1.165, 1.54) is 0 Å². The maximum Gasteiger partial charge on any atom is 0.408 e. The quantitative estimate of drug-likeness (QED) is 0.383. The van der Waals surface area contributed by atoms with Gasteiger partial charge in [-0.05, 0) is 64.5 Å². The standard InChI is InChI=1S/C28H47N3O4/c1-10-12-16-29-25(32)24(22-18-20(5)14-15-21(22)6)31(17-13-11-2)26(33)23(19(3)4)30-27(34)35-28(7,8)9/h14-15,18-19,23-24H,10-13,16-17H2,1-9H3,(H,29,32)(H,30,34). The van der Waals surface area contributed by atoms with Gasteiger partial charge in [0.15, 0.2) is 0 Å². The largest absolute Gasteiger partial charge is 0.444 e. The molecule has 0 heterocycles. The number of benzene rings is 1.